The number of aliphatic hydroxyl groups excluding tert-OH is 1. The number of hydrogen-bond acceptors (Lipinski definition) is 3. The third kappa shape index (κ3) is 2.44. The molecule has 0 fully saturated rings. The largest absolute Gasteiger partial charge is 0.393 e. The van der Waals surface area contributed by atoms with E-state index < -0.39 is 0 Å². The predicted molar refractivity (Wildman–Crippen MR) is 43.7 cm³/mol. The van der Waals surface area contributed by atoms with Crippen LogP contribution >= 0.6 is 12.2 Å². The second-order valence-corrected chi connectivity index (χ2v) is 2.82. The highest BCUT2D eigenvalue weighted by Crippen LogP contribution is 1.94. The summed E-state index contributed by atoms with van der Waals surface area (Å²) < 4.78 is 2.26. The van der Waals surface area contributed by atoms with Crippen molar-refractivity contribution in [2.24, 2.45) is 0 Å². The van der Waals surface area contributed by atoms with Crippen LogP contribution in [0.25, 0.3) is 0 Å². The minimum Gasteiger partial charge on any atom is -0.393 e. The summed E-state index contributed by atoms with van der Waals surface area (Å²) in [4.78, 5) is 3.84. The Morgan fingerprint density at radius 1 is 1.91 bits per heavy atom. The first-order valence-corrected chi connectivity index (χ1v) is 3.89. The van der Waals surface area contributed by atoms with E-state index in [0.717, 1.165) is 0 Å². The average molecular weight is 173 g/mol. The maximum Gasteiger partial charge on any atom is 0.215 e. The van der Waals surface area contributed by atoms with Crippen molar-refractivity contribution in [1.82, 2.24) is 14.8 Å². The van der Waals surface area contributed by atoms with Crippen molar-refractivity contribution in [3.63, 3.8) is 0 Å². The van der Waals surface area contributed by atoms with E-state index in [4.69, 9.17) is 17.3 Å². The molecular weight excluding hydrogens is 162 g/mol. The Kier molecular flexibility index (Phi) is 2.78. The van der Waals surface area contributed by atoms with Gasteiger partial charge >= 0.3 is 0 Å². The Labute approximate surface area is 69.9 Å². The van der Waals surface area contributed by atoms with Crippen LogP contribution in [0.1, 0.15) is 13.3 Å². The molecule has 1 atom stereocenters. The van der Waals surface area contributed by atoms with Crippen molar-refractivity contribution in [1.29, 1.82) is 0 Å². The van der Waals surface area contributed by atoms with Gasteiger partial charge in [-0.25, -0.2) is 4.98 Å². The molecule has 1 heterocycles. The summed E-state index contributed by atoms with van der Waals surface area (Å²) in [5, 5.41) is 11.8. The molecule has 0 radical (unpaired) electrons. The van der Waals surface area contributed by atoms with Gasteiger partial charge in [0.15, 0.2) is 0 Å². The first kappa shape index (κ1) is 8.42. The van der Waals surface area contributed by atoms with Crippen LogP contribution in [0, 0.1) is 4.77 Å². The molecule has 0 bridgehead atoms. The van der Waals surface area contributed by atoms with E-state index in [1.165, 1.54) is 0 Å². The van der Waals surface area contributed by atoms with Crippen LogP contribution in [-0.4, -0.2) is 26.0 Å². The molecule has 0 saturated carbocycles. The highest BCUT2D eigenvalue weighted by molar-refractivity contribution is 7.71. The molecule has 1 unspecified atom stereocenters. The van der Waals surface area contributed by atoms with Crippen LogP contribution in [0.5, 0.6) is 0 Å². The van der Waals surface area contributed by atoms with E-state index in [9.17, 15) is 0 Å². The zero-order valence-corrected chi connectivity index (χ0v) is 7.14. The van der Waals surface area contributed by atoms with Crippen LogP contribution in [0.3, 0.4) is 0 Å². The number of H-pyrrole nitrogens is 1. The summed E-state index contributed by atoms with van der Waals surface area (Å²) in [6, 6.07) is 0. The maximum absolute atomic E-state index is 8.96. The number of hydrogen-bond donors (Lipinski definition) is 2. The van der Waals surface area contributed by atoms with Crippen molar-refractivity contribution in [2.45, 2.75) is 26.0 Å². The van der Waals surface area contributed by atoms with Gasteiger partial charge in [0.1, 0.15) is 6.33 Å². The van der Waals surface area contributed by atoms with Gasteiger partial charge in [-0.3, -0.25) is 9.78 Å². The fraction of sp³-hybridized carbons (Fsp3) is 0.667. The molecule has 0 aromatic carbocycles. The number of aromatic nitrogens is 3. The maximum atomic E-state index is 8.96. The van der Waals surface area contributed by atoms with E-state index in [1.54, 1.807) is 17.9 Å². The lowest BCUT2D eigenvalue weighted by molar-refractivity contribution is 0.176. The Morgan fingerprint density at radius 3 is 3.09 bits per heavy atom. The van der Waals surface area contributed by atoms with Crippen molar-refractivity contribution >= 4 is 12.2 Å². The normalized spacial score (nSPS) is 13.3. The smallest absolute Gasteiger partial charge is 0.215 e. The van der Waals surface area contributed by atoms with E-state index >= 15 is 0 Å². The van der Waals surface area contributed by atoms with Gasteiger partial charge < -0.3 is 5.11 Å². The molecule has 0 saturated heterocycles. The van der Waals surface area contributed by atoms with Crippen LogP contribution in [0.2, 0.25) is 0 Å². The molecule has 0 aliphatic rings. The van der Waals surface area contributed by atoms with Crippen LogP contribution in [0.15, 0.2) is 6.33 Å². The molecule has 4 nitrogen and oxygen atoms in total. The number of nitrogens with one attached hydrogen (secondary N) is 1. The minimum atomic E-state index is -0.291. The van der Waals surface area contributed by atoms with Gasteiger partial charge in [-0.2, -0.15) is 0 Å². The van der Waals surface area contributed by atoms with Crippen LogP contribution in [-0.2, 0) is 6.54 Å². The highest BCUT2D eigenvalue weighted by Gasteiger charge is 1.97. The SMILES string of the molecule is CC(O)CCn1[nH]cnc1=S. The summed E-state index contributed by atoms with van der Waals surface area (Å²) in [5.74, 6) is 0. The van der Waals surface area contributed by atoms with Crippen molar-refractivity contribution in [3.05, 3.63) is 11.1 Å². The van der Waals surface area contributed by atoms with Gasteiger partial charge in [0.2, 0.25) is 4.77 Å². The molecule has 5 heteroatoms. The van der Waals surface area contributed by atoms with Gasteiger partial charge in [0, 0.05) is 6.54 Å². The number of nitrogens with zero attached hydrogens (tertiary/aromatic N) is 2. The average Bonchev–Trinajstić information content (AvgIpc) is 2.31. The lowest BCUT2D eigenvalue weighted by Crippen LogP contribution is -2.07. The predicted octanol–water partition coefficient (Wildman–Crippen LogP) is 0.712. The zero-order chi connectivity index (χ0) is 8.27. The molecule has 1 aromatic heterocycles. The summed E-state index contributed by atoms with van der Waals surface area (Å²) in [5.41, 5.74) is 0. The summed E-state index contributed by atoms with van der Waals surface area (Å²) >= 11 is 4.88. The van der Waals surface area contributed by atoms with E-state index in [1.807, 2.05) is 0 Å². The Balaban J connectivity index is 2.51. The zero-order valence-electron chi connectivity index (χ0n) is 6.32. The van der Waals surface area contributed by atoms with Crippen molar-refractivity contribution < 1.29 is 5.11 Å². The molecule has 11 heavy (non-hydrogen) atoms. The lowest BCUT2D eigenvalue weighted by atomic mass is 10.3. The van der Waals surface area contributed by atoms with Crippen LogP contribution in [0.4, 0.5) is 0 Å². The summed E-state index contributed by atoms with van der Waals surface area (Å²) in [6.45, 7) is 2.44. The molecule has 0 amide bonds. The van der Waals surface area contributed by atoms with Gasteiger partial charge in [0.05, 0.1) is 6.10 Å². The minimum absolute atomic E-state index is 0.291. The van der Waals surface area contributed by atoms with E-state index in [-0.39, 0.29) is 6.10 Å². The highest BCUT2D eigenvalue weighted by atomic mass is 32.1. The number of rotatable bonds is 3. The van der Waals surface area contributed by atoms with Gasteiger partial charge in [-0.15, -0.1) is 0 Å². The third-order valence-corrected chi connectivity index (χ3v) is 1.72. The molecule has 0 spiro atoms. The summed E-state index contributed by atoms with van der Waals surface area (Å²) in [6.07, 6.45) is 1.95. The van der Waals surface area contributed by atoms with Crippen LogP contribution < -0.4 is 0 Å². The Hall–Kier alpha value is -0.680. The topological polar surface area (TPSA) is 53.8 Å². The molecule has 62 valence electrons. The fourth-order valence-corrected chi connectivity index (χ4v) is 0.952. The first-order chi connectivity index (χ1) is 5.20. The van der Waals surface area contributed by atoms with Crippen molar-refractivity contribution in [2.75, 3.05) is 0 Å². The second kappa shape index (κ2) is 3.64. The number of aliphatic hydroxyl groups is 1. The first-order valence-electron chi connectivity index (χ1n) is 3.48. The number of aromatic amines is 1. The molecular formula is C6H11N3OS. The Morgan fingerprint density at radius 2 is 2.64 bits per heavy atom. The summed E-state index contributed by atoms with van der Waals surface area (Å²) in [7, 11) is 0. The number of aryl methyl sites for hydroxylation is 1. The molecule has 2 N–H and O–H groups in total. The third-order valence-electron chi connectivity index (χ3n) is 1.39. The molecule has 0 aliphatic carbocycles. The molecule has 1 rings (SSSR count). The standard InChI is InChI=1S/C6H11N3OS/c1-5(10)2-3-9-6(11)7-4-8-9/h4-5,10H,2-3H2,1H3,(H,7,8,11). The van der Waals surface area contributed by atoms with Crippen molar-refractivity contribution in [3.8, 4) is 0 Å². The molecule has 0 aliphatic heterocycles. The van der Waals surface area contributed by atoms with Gasteiger partial charge in [-0.1, -0.05) is 0 Å². The monoisotopic (exact) mass is 173 g/mol. The van der Waals surface area contributed by atoms with Gasteiger partial charge in [-0.05, 0) is 25.6 Å². The molecule has 1 aromatic rings. The van der Waals surface area contributed by atoms with E-state index in [0.29, 0.717) is 17.7 Å². The Bertz CT molecular complexity index is 265. The lowest BCUT2D eigenvalue weighted by Gasteiger charge is -2.03. The van der Waals surface area contributed by atoms with E-state index in [2.05, 4.69) is 10.1 Å². The second-order valence-electron chi connectivity index (χ2n) is 2.46. The van der Waals surface area contributed by atoms with Gasteiger partial charge in [0.25, 0.3) is 0 Å². The quantitative estimate of drug-likeness (QED) is 0.662. The fourth-order valence-electron chi connectivity index (χ4n) is 0.755.